The molecule has 0 fully saturated rings. The highest BCUT2D eigenvalue weighted by Crippen LogP contribution is 2.34. The van der Waals surface area contributed by atoms with E-state index in [1.807, 2.05) is 0 Å². The standard InChI is InChI=1S/C21H31N2O2/c1-17-10-11-21(25-15-13-23(4)5)19(16-17)18-8-6-7-9-20(18)24-14-12-22(2)3/h6,8-11,16H,7,12-15H2,1-5H3. The van der Waals surface area contributed by atoms with Crippen LogP contribution in [-0.4, -0.2) is 64.3 Å². The molecule has 0 bridgehead atoms. The van der Waals surface area contributed by atoms with Crippen molar-refractivity contribution >= 4 is 5.57 Å². The lowest BCUT2D eigenvalue weighted by atomic mass is 9.96. The van der Waals surface area contributed by atoms with Crippen LogP contribution in [0.4, 0.5) is 0 Å². The van der Waals surface area contributed by atoms with E-state index >= 15 is 0 Å². The Kier molecular flexibility index (Phi) is 7.53. The van der Waals surface area contributed by atoms with Gasteiger partial charge in [-0.2, -0.15) is 0 Å². The van der Waals surface area contributed by atoms with Crippen LogP contribution in [0, 0.1) is 13.3 Å². The first kappa shape index (κ1) is 19.5. The predicted molar refractivity (Wildman–Crippen MR) is 105 cm³/mol. The summed E-state index contributed by atoms with van der Waals surface area (Å²) in [7, 11) is 8.22. The van der Waals surface area contributed by atoms with Crippen molar-refractivity contribution in [1.29, 1.82) is 0 Å². The molecule has 0 aromatic heterocycles. The van der Waals surface area contributed by atoms with E-state index in [1.54, 1.807) is 0 Å². The maximum Gasteiger partial charge on any atom is 0.127 e. The molecule has 1 aliphatic carbocycles. The molecule has 0 unspecified atom stereocenters. The Morgan fingerprint density at radius 1 is 0.960 bits per heavy atom. The third-order valence-corrected chi connectivity index (χ3v) is 4.01. The van der Waals surface area contributed by atoms with Crippen molar-refractivity contribution in [3.05, 3.63) is 53.7 Å². The lowest BCUT2D eigenvalue weighted by Gasteiger charge is -2.21. The van der Waals surface area contributed by atoms with Gasteiger partial charge in [0.2, 0.25) is 0 Å². The molecular formula is C21H31N2O2. The van der Waals surface area contributed by atoms with E-state index in [0.717, 1.165) is 42.2 Å². The number of allylic oxidation sites excluding steroid dienone is 4. The summed E-state index contributed by atoms with van der Waals surface area (Å²) in [6.45, 7) is 5.24. The fraction of sp³-hybridized carbons (Fsp3) is 0.476. The Morgan fingerprint density at radius 3 is 2.32 bits per heavy atom. The molecule has 0 saturated carbocycles. The lowest BCUT2D eigenvalue weighted by Crippen LogP contribution is -2.20. The van der Waals surface area contributed by atoms with Gasteiger partial charge in [-0.05, 0) is 53.7 Å². The van der Waals surface area contributed by atoms with E-state index in [2.05, 4.69) is 81.7 Å². The Hall–Kier alpha value is -1.78. The van der Waals surface area contributed by atoms with Gasteiger partial charge in [0.05, 0.1) is 0 Å². The molecule has 0 spiro atoms. The van der Waals surface area contributed by atoms with E-state index in [9.17, 15) is 0 Å². The molecule has 4 heteroatoms. The van der Waals surface area contributed by atoms with Crippen LogP contribution in [0.15, 0.2) is 36.1 Å². The fourth-order valence-corrected chi connectivity index (χ4v) is 2.57. The number of nitrogens with zero attached hydrogens (tertiary/aromatic N) is 2. The second-order valence-electron chi connectivity index (χ2n) is 6.92. The molecule has 0 saturated heterocycles. The summed E-state index contributed by atoms with van der Waals surface area (Å²) in [5.74, 6) is 1.86. The Labute approximate surface area is 152 Å². The van der Waals surface area contributed by atoms with Gasteiger partial charge in [0.25, 0.3) is 0 Å². The maximum absolute atomic E-state index is 6.07. The minimum atomic E-state index is 0.667. The third-order valence-electron chi connectivity index (χ3n) is 4.01. The highest BCUT2D eigenvalue weighted by atomic mass is 16.5. The van der Waals surface area contributed by atoms with Crippen molar-refractivity contribution in [2.45, 2.75) is 13.3 Å². The van der Waals surface area contributed by atoms with Crippen LogP contribution in [0.5, 0.6) is 5.75 Å². The van der Waals surface area contributed by atoms with E-state index in [0.29, 0.717) is 13.2 Å². The summed E-state index contributed by atoms with van der Waals surface area (Å²) in [4.78, 5) is 4.25. The maximum atomic E-state index is 6.07. The fourth-order valence-electron chi connectivity index (χ4n) is 2.57. The second-order valence-corrected chi connectivity index (χ2v) is 6.92. The molecule has 0 heterocycles. The molecule has 1 radical (unpaired) electrons. The number of rotatable bonds is 9. The number of hydrogen-bond acceptors (Lipinski definition) is 4. The van der Waals surface area contributed by atoms with Crippen LogP contribution in [0.1, 0.15) is 17.5 Å². The normalized spacial score (nSPS) is 14.5. The van der Waals surface area contributed by atoms with E-state index in [-0.39, 0.29) is 0 Å². The van der Waals surface area contributed by atoms with Gasteiger partial charge in [-0.1, -0.05) is 23.8 Å². The smallest absolute Gasteiger partial charge is 0.127 e. The molecule has 0 N–H and O–H groups in total. The topological polar surface area (TPSA) is 24.9 Å². The number of hydrogen-bond donors (Lipinski definition) is 0. The molecular weight excluding hydrogens is 312 g/mol. The van der Waals surface area contributed by atoms with Crippen molar-refractivity contribution in [3.8, 4) is 5.75 Å². The predicted octanol–water partition coefficient (Wildman–Crippen LogP) is 3.39. The Bertz CT molecular complexity index is 618. The molecule has 1 aromatic carbocycles. The van der Waals surface area contributed by atoms with Gasteiger partial charge in [-0.25, -0.2) is 0 Å². The number of aryl methyl sites for hydroxylation is 1. The molecule has 2 rings (SSSR count). The van der Waals surface area contributed by atoms with Crippen LogP contribution < -0.4 is 4.74 Å². The third kappa shape index (κ3) is 6.22. The summed E-state index contributed by atoms with van der Waals surface area (Å²) in [5, 5.41) is 0. The van der Waals surface area contributed by atoms with Crippen LogP contribution in [0.3, 0.4) is 0 Å². The number of ether oxygens (including phenoxy) is 2. The lowest BCUT2D eigenvalue weighted by molar-refractivity contribution is 0.189. The van der Waals surface area contributed by atoms with Gasteiger partial charge in [-0.15, -0.1) is 0 Å². The zero-order valence-electron chi connectivity index (χ0n) is 16.2. The monoisotopic (exact) mass is 343 g/mol. The SMILES string of the molecule is Cc1ccc(OCCN(C)C)c(C2=C(OCCN(C)C)[CH]CC=C2)c1. The minimum Gasteiger partial charge on any atom is -0.496 e. The molecule has 25 heavy (non-hydrogen) atoms. The average molecular weight is 343 g/mol. The Balaban J connectivity index is 2.24. The molecule has 0 atom stereocenters. The second kappa shape index (κ2) is 9.64. The van der Waals surface area contributed by atoms with Crippen LogP contribution in [0.25, 0.3) is 5.57 Å². The van der Waals surface area contributed by atoms with Crippen molar-refractivity contribution in [2.24, 2.45) is 0 Å². The molecule has 1 aliphatic rings. The highest BCUT2D eigenvalue weighted by molar-refractivity contribution is 5.81. The molecule has 1 aromatic rings. The van der Waals surface area contributed by atoms with Gasteiger partial charge >= 0.3 is 0 Å². The van der Waals surface area contributed by atoms with Gasteiger partial charge in [-0.3, -0.25) is 0 Å². The molecule has 137 valence electrons. The molecule has 4 nitrogen and oxygen atoms in total. The largest absolute Gasteiger partial charge is 0.496 e. The quantitative estimate of drug-likeness (QED) is 0.686. The summed E-state index contributed by atoms with van der Waals surface area (Å²) < 4.78 is 12.1. The summed E-state index contributed by atoms with van der Waals surface area (Å²) >= 11 is 0. The van der Waals surface area contributed by atoms with Crippen LogP contribution in [0.2, 0.25) is 0 Å². The van der Waals surface area contributed by atoms with Gasteiger partial charge < -0.3 is 19.3 Å². The first-order valence-corrected chi connectivity index (χ1v) is 8.87. The van der Waals surface area contributed by atoms with Crippen molar-refractivity contribution in [2.75, 3.05) is 54.5 Å². The van der Waals surface area contributed by atoms with Crippen molar-refractivity contribution < 1.29 is 9.47 Å². The van der Waals surface area contributed by atoms with Crippen LogP contribution >= 0.6 is 0 Å². The Morgan fingerprint density at radius 2 is 1.64 bits per heavy atom. The minimum absolute atomic E-state index is 0.667. The first-order valence-electron chi connectivity index (χ1n) is 8.87. The van der Waals surface area contributed by atoms with E-state index < -0.39 is 0 Å². The van der Waals surface area contributed by atoms with Crippen molar-refractivity contribution in [1.82, 2.24) is 9.80 Å². The van der Waals surface area contributed by atoms with Crippen molar-refractivity contribution in [3.63, 3.8) is 0 Å². The summed E-state index contributed by atoms with van der Waals surface area (Å²) in [5.41, 5.74) is 3.42. The van der Waals surface area contributed by atoms with Gasteiger partial charge in [0.1, 0.15) is 24.7 Å². The summed E-state index contributed by atoms with van der Waals surface area (Å²) in [6.07, 6.45) is 7.37. The van der Waals surface area contributed by atoms with Gasteiger partial charge in [0, 0.05) is 30.6 Å². The number of benzene rings is 1. The zero-order valence-corrected chi connectivity index (χ0v) is 16.2. The van der Waals surface area contributed by atoms with Gasteiger partial charge in [0.15, 0.2) is 0 Å². The number of likely N-dealkylation sites (N-methyl/N-ethyl adjacent to an activating group) is 2. The van der Waals surface area contributed by atoms with E-state index in [4.69, 9.17) is 9.47 Å². The zero-order chi connectivity index (χ0) is 18.2. The first-order chi connectivity index (χ1) is 12.0. The highest BCUT2D eigenvalue weighted by Gasteiger charge is 2.16. The molecule has 0 amide bonds. The van der Waals surface area contributed by atoms with Crippen LogP contribution in [-0.2, 0) is 4.74 Å². The molecule has 0 aliphatic heterocycles. The average Bonchev–Trinajstić information content (AvgIpc) is 2.56. The van der Waals surface area contributed by atoms with E-state index in [1.165, 1.54) is 5.56 Å². The summed E-state index contributed by atoms with van der Waals surface area (Å²) in [6, 6.07) is 6.34.